The number of nitrogens with zero attached hydrogens (tertiary/aromatic N) is 5. The van der Waals surface area contributed by atoms with E-state index in [1.165, 1.54) is 5.69 Å². The van der Waals surface area contributed by atoms with E-state index in [-0.39, 0.29) is 18.2 Å². The standard InChI is InChI=1S/C17H20N6O/c1-11-4-7-22(16(24)2-5-18)10-12(11)14-8-20-15-9-21-17-13(23(14)15)3-6-19-17/h8-9,11-12,19H,2-4,6-7,10H2,1H3/t11-,12+/m1/s1. The van der Waals surface area contributed by atoms with Gasteiger partial charge >= 0.3 is 0 Å². The van der Waals surface area contributed by atoms with E-state index in [9.17, 15) is 4.79 Å². The van der Waals surface area contributed by atoms with Crippen LogP contribution >= 0.6 is 0 Å². The molecule has 0 aliphatic carbocycles. The molecule has 1 saturated heterocycles. The predicted octanol–water partition coefficient (Wildman–Crippen LogP) is 1.56. The summed E-state index contributed by atoms with van der Waals surface area (Å²) in [5.41, 5.74) is 3.18. The lowest BCUT2D eigenvalue weighted by atomic mass is 9.84. The fourth-order valence-corrected chi connectivity index (χ4v) is 3.87. The number of anilines is 1. The highest BCUT2D eigenvalue weighted by atomic mass is 16.2. The Balaban J connectivity index is 1.72. The van der Waals surface area contributed by atoms with Crippen LogP contribution in [0.5, 0.6) is 0 Å². The van der Waals surface area contributed by atoms with Gasteiger partial charge in [-0.05, 0) is 12.3 Å². The topological polar surface area (TPSA) is 86.3 Å². The van der Waals surface area contributed by atoms with Crippen molar-refractivity contribution < 1.29 is 4.79 Å². The van der Waals surface area contributed by atoms with Crippen molar-refractivity contribution in [2.24, 2.45) is 5.92 Å². The molecule has 2 aliphatic rings. The Bertz CT molecular complexity index is 835. The summed E-state index contributed by atoms with van der Waals surface area (Å²) in [6.07, 6.45) is 5.56. The average Bonchev–Trinajstić information content (AvgIpc) is 3.21. The summed E-state index contributed by atoms with van der Waals surface area (Å²) in [6, 6.07) is 1.96. The first-order valence-electron chi connectivity index (χ1n) is 8.43. The lowest BCUT2D eigenvalue weighted by molar-refractivity contribution is -0.131. The second-order valence-electron chi connectivity index (χ2n) is 6.65. The molecule has 2 aliphatic heterocycles. The molecule has 4 rings (SSSR count). The minimum atomic E-state index is -0.0724. The van der Waals surface area contributed by atoms with Crippen LogP contribution in [0.15, 0.2) is 12.4 Å². The number of fused-ring (bicyclic) bond motifs is 3. The number of rotatable bonds is 2. The summed E-state index contributed by atoms with van der Waals surface area (Å²) in [5, 5.41) is 12.1. The molecule has 124 valence electrons. The van der Waals surface area contributed by atoms with Gasteiger partial charge in [0, 0.05) is 43.9 Å². The third-order valence-corrected chi connectivity index (χ3v) is 5.24. The number of amides is 1. The van der Waals surface area contributed by atoms with Gasteiger partial charge in [0.15, 0.2) is 5.65 Å². The lowest BCUT2D eigenvalue weighted by Gasteiger charge is -2.36. The van der Waals surface area contributed by atoms with Gasteiger partial charge in [-0.3, -0.25) is 9.20 Å². The van der Waals surface area contributed by atoms with Gasteiger partial charge in [-0.2, -0.15) is 5.26 Å². The minimum absolute atomic E-state index is 0.0442. The van der Waals surface area contributed by atoms with E-state index < -0.39 is 0 Å². The number of piperidine rings is 1. The van der Waals surface area contributed by atoms with Crippen LogP contribution in [0.3, 0.4) is 0 Å². The van der Waals surface area contributed by atoms with Gasteiger partial charge in [-0.25, -0.2) is 9.97 Å². The highest BCUT2D eigenvalue weighted by Gasteiger charge is 2.32. The summed E-state index contributed by atoms with van der Waals surface area (Å²) in [4.78, 5) is 22.9. The monoisotopic (exact) mass is 324 g/mol. The van der Waals surface area contributed by atoms with Crippen LogP contribution in [-0.4, -0.2) is 44.8 Å². The summed E-state index contributed by atoms with van der Waals surface area (Å²) in [6.45, 7) is 4.51. The van der Waals surface area contributed by atoms with Crippen LogP contribution in [-0.2, 0) is 11.2 Å². The van der Waals surface area contributed by atoms with Crippen LogP contribution in [0.25, 0.3) is 5.65 Å². The van der Waals surface area contributed by atoms with Crippen molar-refractivity contribution in [3.05, 3.63) is 23.8 Å². The Labute approximate surface area is 140 Å². The van der Waals surface area contributed by atoms with Gasteiger partial charge in [-0.15, -0.1) is 0 Å². The zero-order chi connectivity index (χ0) is 16.7. The van der Waals surface area contributed by atoms with Crippen molar-refractivity contribution in [1.29, 1.82) is 5.26 Å². The SMILES string of the molecule is C[C@@H]1CCN(C(=O)CC#N)C[C@@H]1c1cnc2cnc3c(n12)CCN3. The fraction of sp³-hybridized carbons (Fsp3) is 0.529. The lowest BCUT2D eigenvalue weighted by Crippen LogP contribution is -2.42. The maximum atomic E-state index is 12.1. The summed E-state index contributed by atoms with van der Waals surface area (Å²) in [7, 11) is 0. The Kier molecular flexibility index (Phi) is 3.60. The number of hydrogen-bond donors (Lipinski definition) is 1. The highest BCUT2D eigenvalue weighted by molar-refractivity contribution is 5.78. The van der Waals surface area contributed by atoms with Crippen LogP contribution in [0.4, 0.5) is 5.82 Å². The van der Waals surface area contributed by atoms with Crippen molar-refractivity contribution in [3.8, 4) is 6.07 Å². The number of nitrogens with one attached hydrogen (secondary N) is 1. The first kappa shape index (κ1) is 14.9. The number of likely N-dealkylation sites (tertiary alicyclic amines) is 1. The largest absolute Gasteiger partial charge is 0.368 e. The number of carbonyl (C=O) groups is 1. The van der Waals surface area contributed by atoms with E-state index in [2.05, 4.69) is 26.6 Å². The Hall–Kier alpha value is -2.62. The molecule has 1 amide bonds. The molecular weight excluding hydrogens is 304 g/mol. The van der Waals surface area contributed by atoms with Crippen LogP contribution in [0.2, 0.25) is 0 Å². The molecule has 2 aromatic heterocycles. The third-order valence-electron chi connectivity index (χ3n) is 5.24. The quantitative estimate of drug-likeness (QED) is 0.906. The zero-order valence-corrected chi connectivity index (χ0v) is 13.7. The first-order chi connectivity index (χ1) is 11.7. The minimum Gasteiger partial charge on any atom is -0.368 e. The maximum absolute atomic E-state index is 12.1. The molecule has 0 radical (unpaired) electrons. The normalized spacial score (nSPS) is 22.9. The molecule has 1 N–H and O–H groups in total. The van der Waals surface area contributed by atoms with Crippen LogP contribution < -0.4 is 5.32 Å². The molecule has 7 heteroatoms. The maximum Gasteiger partial charge on any atom is 0.236 e. The molecule has 7 nitrogen and oxygen atoms in total. The molecule has 24 heavy (non-hydrogen) atoms. The first-order valence-corrected chi connectivity index (χ1v) is 8.43. The fourth-order valence-electron chi connectivity index (χ4n) is 3.87. The zero-order valence-electron chi connectivity index (χ0n) is 13.7. The molecule has 0 saturated carbocycles. The number of nitriles is 1. The second-order valence-corrected chi connectivity index (χ2v) is 6.65. The molecular formula is C17H20N6O. The predicted molar refractivity (Wildman–Crippen MR) is 88.5 cm³/mol. The molecule has 1 fully saturated rings. The third kappa shape index (κ3) is 2.30. The van der Waals surface area contributed by atoms with Crippen LogP contribution in [0, 0.1) is 17.2 Å². The Morgan fingerprint density at radius 2 is 2.33 bits per heavy atom. The smallest absolute Gasteiger partial charge is 0.236 e. The summed E-state index contributed by atoms with van der Waals surface area (Å²) >= 11 is 0. The van der Waals surface area contributed by atoms with E-state index >= 15 is 0 Å². The van der Waals surface area contributed by atoms with E-state index in [0.717, 1.165) is 43.1 Å². The number of imidazole rings is 1. The van der Waals surface area contributed by atoms with E-state index in [4.69, 9.17) is 5.26 Å². The van der Waals surface area contributed by atoms with E-state index in [1.54, 1.807) is 6.20 Å². The van der Waals surface area contributed by atoms with Gasteiger partial charge in [0.2, 0.25) is 5.91 Å². The summed E-state index contributed by atoms with van der Waals surface area (Å²) in [5.74, 6) is 1.55. The molecule has 0 bridgehead atoms. The molecule has 0 unspecified atom stereocenters. The van der Waals surface area contributed by atoms with Crippen molar-refractivity contribution in [1.82, 2.24) is 19.3 Å². The number of aromatic nitrogens is 3. The Morgan fingerprint density at radius 3 is 3.17 bits per heavy atom. The summed E-state index contributed by atoms with van der Waals surface area (Å²) < 4.78 is 2.21. The van der Waals surface area contributed by atoms with Gasteiger partial charge < -0.3 is 10.2 Å². The van der Waals surface area contributed by atoms with Gasteiger partial charge in [0.1, 0.15) is 12.2 Å². The van der Waals surface area contributed by atoms with Crippen molar-refractivity contribution in [2.45, 2.75) is 32.1 Å². The molecule has 2 atom stereocenters. The van der Waals surface area contributed by atoms with Gasteiger partial charge in [0.05, 0.1) is 18.0 Å². The van der Waals surface area contributed by atoms with Gasteiger partial charge in [0.25, 0.3) is 0 Å². The van der Waals surface area contributed by atoms with Crippen molar-refractivity contribution >= 4 is 17.4 Å². The van der Waals surface area contributed by atoms with Crippen LogP contribution in [0.1, 0.15) is 37.1 Å². The molecule has 2 aromatic rings. The Morgan fingerprint density at radius 1 is 1.46 bits per heavy atom. The number of carbonyl (C=O) groups excluding carboxylic acids is 1. The van der Waals surface area contributed by atoms with E-state index in [1.807, 2.05) is 17.2 Å². The molecule has 0 spiro atoms. The van der Waals surface area contributed by atoms with Crippen molar-refractivity contribution in [3.63, 3.8) is 0 Å². The van der Waals surface area contributed by atoms with Crippen molar-refractivity contribution in [2.75, 3.05) is 25.0 Å². The van der Waals surface area contributed by atoms with Gasteiger partial charge in [-0.1, -0.05) is 6.92 Å². The molecule has 0 aromatic carbocycles. The van der Waals surface area contributed by atoms with E-state index in [0.29, 0.717) is 12.5 Å². The number of hydrogen-bond acceptors (Lipinski definition) is 5. The highest BCUT2D eigenvalue weighted by Crippen LogP contribution is 2.34. The second kappa shape index (κ2) is 5.78. The molecule has 4 heterocycles. The average molecular weight is 324 g/mol.